The maximum absolute atomic E-state index is 5.82. The number of halogens is 2. The molecule has 0 unspecified atom stereocenters. The van der Waals surface area contributed by atoms with Crippen molar-refractivity contribution in [1.82, 2.24) is 5.48 Å². The van der Waals surface area contributed by atoms with E-state index in [4.69, 9.17) is 28.0 Å². The number of nitrogens with zero attached hydrogens (tertiary/aromatic N) is 1. The molecule has 0 saturated heterocycles. The molecule has 0 fully saturated rings. The number of rotatable bonds is 11. The fourth-order valence-electron chi connectivity index (χ4n) is 2.08. The molecule has 0 spiro atoms. The first kappa shape index (κ1) is 17.6. The highest BCUT2D eigenvalue weighted by atomic mass is 35.5. The van der Waals surface area contributed by atoms with Crippen molar-refractivity contribution in [2.75, 3.05) is 43.4 Å². The van der Waals surface area contributed by atoms with E-state index in [1.807, 2.05) is 0 Å². The van der Waals surface area contributed by atoms with E-state index < -0.39 is 0 Å². The highest BCUT2D eigenvalue weighted by Gasteiger charge is 2.05. The second kappa shape index (κ2) is 11.2. The van der Waals surface area contributed by atoms with Crippen molar-refractivity contribution in [3.8, 4) is 0 Å². The Morgan fingerprint density at radius 3 is 2.25 bits per heavy atom. The third-order valence-electron chi connectivity index (χ3n) is 3.15. The molecule has 1 aromatic carbocycles. The highest BCUT2D eigenvalue weighted by Crippen LogP contribution is 2.16. The number of benzene rings is 1. The molecule has 0 aliphatic rings. The summed E-state index contributed by atoms with van der Waals surface area (Å²) in [4.78, 5) is 7.02. The number of hydrogen-bond acceptors (Lipinski definition) is 3. The lowest BCUT2D eigenvalue weighted by Gasteiger charge is -2.23. The summed E-state index contributed by atoms with van der Waals surface area (Å²) in [7, 11) is 1.65. The second-order valence-electron chi connectivity index (χ2n) is 4.59. The molecule has 0 aromatic heterocycles. The van der Waals surface area contributed by atoms with Crippen LogP contribution in [0.3, 0.4) is 0 Å². The molecule has 20 heavy (non-hydrogen) atoms. The molecule has 1 aromatic rings. The number of hydrogen-bond donors (Lipinski definition) is 1. The number of aryl methyl sites for hydroxylation is 1. The van der Waals surface area contributed by atoms with Gasteiger partial charge in [0.25, 0.3) is 0 Å². The first-order valence-electron chi connectivity index (χ1n) is 7.03. The summed E-state index contributed by atoms with van der Waals surface area (Å²) in [6.45, 7) is 2.56. The van der Waals surface area contributed by atoms with Crippen molar-refractivity contribution in [1.29, 1.82) is 0 Å². The number of alkyl halides is 2. The van der Waals surface area contributed by atoms with Gasteiger partial charge in [-0.05, 0) is 37.0 Å². The first-order valence-corrected chi connectivity index (χ1v) is 8.10. The van der Waals surface area contributed by atoms with E-state index in [9.17, 15) is 0 Å². The number of hydroxylamine groups is 1. The monoisotopic (exact) mass is 318 g/mol. The molecular formula is C15H24Cl2N2O. The zero-order valence-electron chi connectivity index (χ0n) is 12.1. The van der Waals surface area contributed by atoms with Gasteiger partial charge in [0.1, 0.15) is 0 Å². The molecule has 1 rings (SSSR count). The maximum Gasteiger partial charge on any atom is 0.0572 e. The van der Waals surface area contributed by atoms with Crippen LogP contribution < -0.4 is 10.4 Å². The molecule has 0 bridgehead atoms. The molecule has 114 valence electrons. The lowest BCUT2D eigenvalue weighted by molar-refractivity contribution is 0.0906. The molecule has 5 heteroatoms. The maximum atomic E-state index is 5.82. The van der Waals surface area contributed by atoms with Crippen molar-refractivity contribution in [2.45, 2.75) is 19.3 Å². The Balaban J connectivity index is 2.41. The first-order chi connectivity index (χ1) is 9.81. The largest absolute Gasteiger partial charge is 0.369 e. The van der Waals surface area contributed by atoms with Crippen LogP contribution in [0.4, 0.5) is 5.69 Å². The fraction of sp³-hybridized carbons (Fsp3) is 0.600. The average molecular weight is 319 g/mol. The normalized spacial score (nSPS) is 10.8. The SMILES string of the molecule is CONCCCCc1ccc(N(CCCl)CCCl)cc1. The smallest absolute Gasteiger partial charge is 0.0572 e. The number of anilines is 1. The van der Waals surface area contributed by atoms with E-state index in [2.05, 4.69) is 34.6 Å². The molecule has 0 radical (unpaired) electrons. The van der Waals surface area contributed by atoms with Gasteiger partial charge in [-0.25, -0.2) is 5.48 Å². The lowest BCUT2D eigenvalue weighted by atomic mass is 10.1. The molecule has 0 aliphatic heterocycles. The summed E-state index contributed by atoms with van der Waals surface area (Å²) >= 11 is 11.6. The van der Waals surface area contributed by atoms with Crippen LogP contribution in [0.25, 0.3) is 0 Å². The summed E-state index contributed by atoms with van der Waals surface area (Å²) in [5.74, 6) is 1.23. The van der Waals surface area contributed by atoms with Crippen LogP contribution in [0.5, 0.6) is 0 Å². The van der Waals surface area contributed by atoms with Gasteiger partial charge in [0.2, 0.25) is 0 Å². The third-order valence-corrected chi connectivity index (χ3v) is 3.49. The molecule has 1 N–H and O–H groups in total. The lowest BCUT2D eigenvalue weighted by Crippen LogP contribution is -2.27. The Bertz CT molecular complexity index is 340. The van der Waals surface area contributed by atoms with Crippen LogP contribution in [0.2, 0.25) is 0 Å². The summed E-state index contributed by atoms with van der Waals surface area (Å²) in [6, 6.07) is 8.69. The zero-order chi connectivity index (χ0) is 14.6. The van der Waals surface area contributed by atoms with Crippen molar-refractivity contribution in [3.05, 3.63) is 29.8 Å². The Hall–Kier alpha value is -0.480. The van der Waals surface area contributed by atoms with E-state index in [1.54, 1.807) is 7.11 Å². The zero-order valence-corrected chi connectivity index (χ0v) is 13.6. The Labute approximate surface area is 132 Å². The van der Waals surface area contributed by atoms with Gasteiger partial charge >= 0.3 is 0 Å². The van der Waals surface area contributed by atoms with Crippen LogP contribution in [0.15, 0.2) is 24.3 Å². The topological polar surface area (TPSA) is 24.5 Å². The van der Waals surface area contributed by atoms with Crippen LogP contribution in [0, 0.1) is 0 Å². The van der Waals surface area contributed by atoms with Crippen molar-refractivity contribution >= 4 is 28.9 Å². The van der Waals surface area contributed by atoms with Gasteiger partial charge in [-0.1, -0.05) is 12.1 Å². The highest BCUT2D eigenvalue weighted by molar-refractivity contribution is 6.18. The van der Waals surface area contributed by atoms with Gasteiger partial charge in [-0.2, -0.15) is 0 Å². The minimum Gasteiger partial charge on any atom is -0.369 e. The van der Waals surface area contributed by atoms with Gasteiger partial charge < -0.3 is 9.74 Å². The Kier molecular flexibility index (Phi) is 9.85. The van der Waals surface area contributed by atoms with E-state index in [1.165, 1.54) is 11.3 Å². The van der Waals surface area contributed by atoms with Crippen LogP contribution in [-0.4, -0.2) is 38.5 Å². The van der Waals surface area contributed by atoms with E-state index >= 15 is 0 Å². The van der Waals surface area contributed by atoms with E-state index in [0.717, 1.165) is 38.9 Å². The Morgan fingerprint density at radius 2 is 1.70 bits per heavy atom. The van der Waals surface area contributed by atoms with Gasteiger partial charge in [0.15, 0.2) is 0 Å². The van der Waals surface area contributed by atoms with Gasteiger partial charge in [-0.3, -0.25) is 0 Å². The predicted molar refractivity (Wildman–Crippen MR) is 88.0 cm³/mol. The van der Waals surface area contributed by atoms with E-state index in [-0.39, 0.29) is 0 Å². The Morgan fingerprint density at radius 1 is 1.05 bits per heavy atom. The van der Waals surface area contributed by atoms with Gasteiger partial charge in [0.05, 0.1) is 7.11 Å². The van der Waals surface area contributed by atoms with Crippen LogP contribution in [-0.2, 0) is 11.3 Å². The van der Waals surface area contributed by atoms with Gasteiger partial charge in [0, 0.05) is 37.1 Å². The fourth-order valence-corrected chi connectivity index (χ4v) is 2.48. The quantitative estimate of drug-likeness (QED) is 0.384. The molecule has 0 heterocycles. The minimum atomic E-state index is 0.616. The van der Waals surface area contributed by atoms with Crippen molar-refractivity contribution < 1.29 is 4.84 Å². The standard InChI is InChI=1S/C15H24Cl2N2O/c1-20-18-11-3-2-4-14-5-7-15(8-6-14)19(12-9-16)13-10-17/h5-8,18H,2-4,9-13H2,1H3. The molecule has 3 nitrogen and oxygen atoms in total. The number of nitrogens with one attached hydrogen (secondary N) is 1. The van der Waals surface area contributed by atoms with Crippen LogP contribution in [0.1, 0.15) is 18.4 Å². The van der Waals surface area contributed by atoms with Crippen molar-refractivity contribution in [2.24, 2.45) is 0 Å². The molecule has 0 atom stereocenters. The molecule has 0 amide bonds. The summed E-state index contributed by atoms with van der Waals surface area (Å²) < 4.78 is 0. The predicted octanol–water partition coefficient (Wildman–Crippen LogP) is 3.44. The molecule has 0 saturated carbocycles. The van der Waals surface area contributed by atoms with Crippen LogP contribution >= 0.6 is 23.2 Å². The average Bonchev–Trinajstić information content (AvgIpc) is 2.47. The summed E-state index contributed by atoms with van der Waals surface area (Å²) in [5, 5.41) is 0. The third kappa shape index (κ3) is 6.80. The number of unbranched alkanes of at least 4 members (excludes halogenated alkanes) is 1. The summed E-state index contributed by atoms with van der Waals surface area (Å²) in [6.07, 6.45) is 3.36. The second-order valence-corrected chi connectivity index (χ2v) is 5.34. The molecular weight excluding hydrogens is 295 g/mol. The summed E-state index contributed by atoms with van der Waals surface area (Å²) in [5.41, 5.74) is 5.41. The van der Waals surface area contributed by atoms with E-state index in [0.29, 0.717) is 11.8 Å². The van der Waals surface area contributed by atoms with Gasteiger partial charge in [-0.15, -0.1) is 23.2 Å². The molecule has 0 aliphatic carbocycles. The minimum absolute atomic E-state index is 0.616. The van der Waals surface area contributed by atoms with Crippen molar-refractivity contribution in [3.63, 3.8) is 0 Å².